The van der Waals surface area contributed by atoms with Gasteiger partial charge in [0.1, 0.15) is 5.82 Å². The number of nitrogens with one attached hydrogen (secondary N) is 1. The number of aryl methyl sites for hydroxylation is 1. The molecule has 2 rings (SSSR count). The maximum atomic E-state index is 13.2. The number of anilines is 2. The van der Waals surface area contributed by atoms with Gasteiger partial charge in [0.15, 0.2) is 0 Å². The molecule has 0 unspecified atom stereocenters. The summed E-state index contributed by atoms with van der Waals surface area (Å²) in [5, 5.41) is 11.9. The van der Waals surface area contributed by atoms with E-state index >= 15 is 0 Å². The van der Waals surface area contributed by atoms with Gasteiger partial charge in [-0.3, -0.25) is 4.79 Å². The summed E-state index contributed by atoms with van der Waals surface area (Å²) < 4.78 is 13.2. The van der Waals surface area contributed by atoms with E-state index in [9.17, 15) is 9.18 Å². The van der Waals surface area contributed by atoms with Gasteiger partial charge >= 0.3 is 5.97 Å². The molecule has 0 radical (unpaired) electrons. The van der Waals surface area contributed by atoms with E-state index in [0.29, 0.717) is 11.3 Å². The third kappa shape index (κ3) is 3.55. The summed E-state index contributed by atoms with van der Waals surface area (Å²) in [7, 11) is 0. The van der Waals surface area contributed by atoms with Crippen molar-refractivity contribution in [3.05, 3.63) is 59.4 Å². The SMILES string of the molecule is Cc1ccc(Nc2ccc(F)cc2CC(=O)O)cc1. The van der Waals surface area contributed by atoms with Crippen molar-refractivity contribution in [1.29, 1.82) is 0 Å². The van der Waals surface area contributed by atoms with E-state index in [-0.39, 0.29) is 6.42 Å². The summed E-state index contributed by atoms with van der Waals surface area (Å²) in [6.45, 7) is 1.98. The first-order valence-corrected chi connectivity index (χ1v) is 5.88. The molecule has 0 amide bonds. The normalized spacial score (nSPS) is 10.2. The second-order valence-corrected chi connectivity index (χ2v) is 4.36. The van der Waals surface area contributed by atoms with Crippen molar-refractivity contribution in [3.8, 4) is 0 Å². The molecular weight excluding hydrogens is 245 g/mol. The zero-order chi connectivity index (χ0) is 13.8. The van der Waals surface area contributed by atoms with Crippen LogP contribution in [-0.2, 0) is 11.2 Å². The molecular formula is C15H14FNO2. The smallest absolute Gasteiger partial charge is 0.307 e. The third-order valence-corrected chi connectivity index (χ3v) is 2.74. The van der Waals surface area contributed by atoms with Gasteiger partial charge in [-0.2, -0.15) is 0 Å². The van der Waals surface area contributed by atoms with Crippen molar-refractivity contribution < 1.29 is 14.3 Å². The number of carbonyl (C=O) groups is 1. The van der Waals surface area contributed by atoms with Gasteiger partial charge in [0.2, 0.25) is 0 Å². The Kier molecular flexibility index (Phi) is 3.80. The highest BCUT2D eigenvalue weighted by Gasteiger charge is 2.08. The van der Waals surface area contributed by atoms with Gasteiger partial charge in [-0.1, -0.05) is 17.7 Å². The van der Waals surface area contributed by atoms with Gasteiger partial charge in [-0.15, -0.1) is 0 Å². The Hall–Kier alpha value is -2.36. The minimum Gasteiger partial charge on any atom is -0.481 e. The molecule has 0 fully saturated rings. The Morgan fingerprint density at radius 2 is 1.89 bits per heavy atom. The van der Waals surface area contributed by atoms with Crippen LogP contribution in [0.25, 0.3) is 0 Å². The maximum absolute atomic E-state index is 13.2. The van der Waals surface area contributed by atoms with Crippen LogP contribution >= 0.6 is 0 Å². The number of benzene rings is 2. The topological polar surface area (TPSA) is 49.3 Å². The highest BCUT2D eigenvalue weighted by Crippen LogP contribution is 2.22. The second kappa shape index (κ2) is 5.52. The van der Waals surface area contributed by atoms with Crippen LogP contribution in [0.3, 0.4) is 0 Å². The van der Waals surface area contributed by atoms with Crippen LogP contribution in [0, 0.1) is 12.7 Å². The lowest BCUT2D eigenvalue weighted by molar-refractivity contribution is -0.136. The minimum absolute atomic E-state index is 0.216. The molecule has 2 aromatic rings. The Morgan fingerprint density at radius 3 is 2.53 bits per heavy atom. The fraction of sp³-hybridized carbons (Fsp3) is 0.133. The van der Waals surface area contributed by atoms with Crippen LogP contribution in [0.2, 0.25) is 0 Å². The molecule has 0 aliphatic heterocycles. The van der Waals surface area contributed by atoms with Crippen LogP contribution in [0.4, 0.5) is 15.8 Å². The van der Waals surface area contributed by atoms with E-state index in [1.54, 1.807) is 6.07 Å². The summed E-state index contributed by atoms with van der Waals surface area (Å²) in [4.78, 5) is 10.8. The van der Waals surface area contributed by atoms with Crippen molar-refractivity contribution in [2.75, 3.05) is 5.32 Å². The number of halogens is 1. The van der Waals surface area contributed by atoms with Crippen molar-refractivity contribution in [2.45, 2.75) is 13.3 Å². The van der Waals surface area contributed by atoms with Crippen LogP contribution in [0.5, 0.6) is 0 Å². The molecule has 0 aliphatic carbocycles. The van der Waals surface area contributed by atoms with Gasteiger partial charge in [0, 0.05) is 11.4 Å². The lowest BCUT2D eigenvalue weighted by Gasteiger charge is -2.11. The zero-order valence-corrected chi connectivity index (χ0v) is 10.5. The number of carboxylic acid groups (broad SMARTS) is 1. The Bertz CT molecular complexity index is 594. The maximum Gasteiger partial charge on any atom is 0.307 e. The summed E-state index contributed by atoms with van der Waals surface area (Å²) in [6.07, 6.45) is -0.216. The Balaban J connectivity index is 2.28. The van der Waals surface area contributed by atoms with E-state index in [1.165, 1.54) is 12.1 Å². The van der Waals surface area contributed by atoms with Gasteiger partial charge in [0.25, 0.3) is 0 Å². The van der Waals surface area contributed by atoms with E-state index in [4.69, 9.17) is 5.11 Å². The average molecular weight is 259 g/mol. The highest BCUT2D eigenvalue weighted by atomic mass is 19.1. The molecule has 0 saturated carbocycles. The number of carboxylic acids is 1. The molecule has 98 valence electrons. The lowest BCUT2D eigenvalue weighted by Crippen LogP contribution is -2.04. The Morgan fingerprint density at radius 1 is 1.21 bits per heavy atom. The minimum atomic E-state index is -0.988. The van der Waals surface area contributed by atoms with Crippen LogP contribution < -0.4 is 5.32 Å². The number of hydrogen-bond acceptors (Lipinski definition) is 2. The summed E-state index contributed by atoms with van der Waals surface area (Å²) in [5.74, 6) is -1.43. The molecule has 0 atom stereocenters. The summed E-state index contributed by atoms with van der Waals surface area (Å²) in [5.41, 5.74) is 3.00. The van der Waals surface area contributed by atoms with Crippen molar-refractivity contribution in [1.82, 2.24) is 0 Å². The number of aliphatic carboxylic acids is 1. The second-order valence-electron chi connectivity index (χ2n) is 4.36. The number of hydrogen-bond donors (Lipinski definition) is 2. The molecule has 2 aromatic carbocycles. The van der Waals surface area contributed by atoms with Crippen LogP contribution in [0.15, 0.2) is 42.5 Å². The average Bonchev–Trinajstić information content (AvgIpc) is 2.34. The van der Waals surface area contributed by atoms with E-state index in [1.807, 2.05) is 31.2 Å². The molecule has 19 heavy (non-hydrogen) atoms. The molecule has 4 heteroatoms. The standard InChI is InChI=1S/C15H14FNO2/c1-10-2-5-13(6-3-10)17-14-7-4-12(16)8-11(14)9-15(18)19/h2-8,17H,9H2,1H3,(H,18,19). The summed E-state index contributed by atoms with van der Waals surface area (Å²) >= 11 is 0. The molecule has 0 bridgehead atoms. The quantitative estimate of drug-likeness (QED) is 0.883. The molecule has 3 nitrogen and oxygen atoms in total. The first-order valence-electron chi connectivity index (χ1n) is 5.88. The largest absolute Gasteiger partial charge is 0.481 e. The fourth-order valence-electron chi connectivity index (χ4n) is 1.79. The third-order valence-electron chi connectivity index (χ3n) is 2.74. The zero-order valence-electron chi connectivity index (χ0n) is 10.5. The van der Waals surface area contributed by atoms with Gasteiger partial charge in [-0.05, 0) is 42.8 Å². The molecule has 0 spiro atoms. The van der Waals surface area contributed by atoms with Crippen molar-refractivity contribution in [2.24, 2.45) is 0 Å². The lowest BCUT2D eigenvalue weighted by atomic mass is 10.1. The predicted octanol–water partition coefficient (Wildman–Crippen LogP) is 3.50. The van der Waals surface area contributed by atoms with E-state index in [2.05, 4.69) is 5.32 Å². The van der Waals surface area contributed by atoms with Gasteiger partial charge in [-0.25, -0.2) is 4.39 Å². The van der Waals surface area contributed by atoms with Crippen molar-refractivity contribution in [3.63, 3.8) is 0 Å². The molecule has 0 saturated heterocycles. The monoisotopic (exact) mass is 259 g/mol. The Labute approximate surface area is 110 Å². The number of rotatable bonds is 4. The fourth-order valence-corrected chi connectivity index (χ4v) is 1.79. The van der Waals surface area contributed by atoms with E-state index < -0.39 is 11.8 Å². The molecule has 0 heterocycles. The molecule has 0 aromatic heterocycles. The predicted molar refractivity (Wildman–Crippen MR) is 72.2 cm³/mol. The summed E-state index contributed by atoms with van der Waals surface area (Å²) in [6, 6.07) is 11.8. The van der Waals surface area contributed by atoms with Gasteiger partial charge < -0.3 is 10.4 Å². The molecule has 0 aliphatic rings. The molecule has 2 N–H and O–H groups in total. The van der Waals surface area contributed by atoms with Crippen LogP contribution in [0.1, 0.15) is 11.1 Å². The highest BCUT2D eigenvalue weighted by molar-refractivity contribution is 5.75. The van der Waals surface area contributed by atoms with Gasteiger partial charge in [0.05, 0.1) is 6.42 Å². The van der Waals surface area contributed by atoms with E-state index in [0.717, 1.165) is 11.3 Å². The van der Waals surface area contributed by atoms with Crippen molar-refractivity contribution >= 4 is 17.3 Å². The first-order chi connectivity index (χ1) is 9.04. The van der Waals surface area contributed by atoms with Crippen LogP contribution in [-0.4, -0.2) is 11.1 Å². The first kappa shape index (κ1) is 13.1.